The molecule has 0 bridgehead atoms. The van der Waals surface area contributed by atoms with E-state index in [2.05, 4.69) is 48.5 Å². The van der Waals surface area contributed by atoms with Crippen LogP contribution in [0.4, 0.5) is 0 Å². The maximum Gasteiger partial charge on any atom is 0.138 e. The minimum absolute atomic E-state index is 0.928. The molecule has 0 aliphatic heterocycles. The fourth-order valence-corrected chi connectivity index (χ4v) is 1.80. The molecule has 0 aliphatic rings. The molecule has 56 valence electrons. The Bertz CT molecular complexity index is 396. The molecule has 0 spiro atoms. The van der Waals surface area contributed by atoms with Crippen LogP contribution in [0, 0.1) is 3.57 Å². The highest BCUT2D eigenvalue weighted by Gasteiger charge is 2.03. The second kappa shape index (κ2) is 2.75. The van der Waals surface area contributed by atoms with Gasteiger partial charge >= 0.3 is 0 Å². The Morgan fingerprint density at radius 2 is 2.36 bits per heavy atom. The number of aromatic amines is 1. The summed E-state index contributed by atoms with van der Waals surface area (Å²) in [5.74, 6) is 0. The van der Waals surface area contributed by atoms with E-state index in [4.69, 9.17) is 0 Å². The van der Waals surface area contributed by atoms with Gasteiger partial charge in [-0.2, -0.15) is 0 Å². The van der Waals surface area contributed by atoms with Gasteiger partial charge in [0.25, 0.3) is 0 Å². The van der Waals surface area contributed by atoms with Crippen LogP contribution in [0.1, 0.15) is 0 Å². The maximum absolute atomic E-state index is 4.21. The summed E-state index contributed by atoms with van der Waals surface area (Å²) in [4.78, 5) is 7.25. The molecule has 2 nitrogen and oxygen atoms in total. The number of pyridine rings is 1. The monoisotopic (exact) mass is 322 g/mol. The number of nitrogens with zero attached hydrogens (tertiary/aromatic N) is 1. The number of aromatic nitrogens is 2. The molecule has 2 rings (SSSR count). The number of H-pyrrole nitrogens is 1. The minimum atomic E-state index is 0.928. The molecule has 0 aromatic carbocycles. The van der Waals surface area contributed by atoms with Crippen LogP contribution in [0.2, 0.25) is 0 Å². The van der Waals surface area contributed by atoms with Crippen molar-refractivity contribution in [3.63, 3.8) is 0 Å². The Kier molecular flexibility index (Phi) is 1.88. The average Bonchev–Trinajstić information content (AvgIpc) is 2.45. The van der Waals surface area contributed by atoms with Gasteiger partial charge in [-0.25, -0.2) is 4.98 Å². The summed E-state index contributed by atoms with van der Waals surface area (Å²) >= 11 is 5.74. The second-order valence-corrected chi connectivity index (χ2v) is 4.12. The lowest BCUT2D eigenvalue weighted by Gasteiger charge is -1.95. The Labute approximate surface area is 85.7 Å². The van der Waals surface area contributed by atoms with Crippen molar-refractivity contribution >= 4 is 49.6 Å². The zero-order valence-electron chi connectivity index (χ0n) is 5.44. The number of fused-ring (bicyclic) bond motifs is 1. The van der Waals surface area contributed by atoms with Gasteiger partial charge in [0.1, 0.15) is 5.65 Å². The van der Waals surface area contributed by atoms with Gasteiger partial charge in [-0.3, -0.25) is 0 Å². The lowest BCUT2D eigenvalue weighted by atomic mass is 10.3. The molecule has 11 heavy (non-hydrogen) atoms. The molecule has 2 heterocycles. The number of nitrogens with one attached hydrogen (secondary N) is 1. The molecule has 1 N–H and O–H groups in total. The largest absolute Gasteiger partial charge is 0.346 e. The first-order valence-corrected chi connectivity index (χ1v) is 4.93. The quantitative estimate of drug-likeness (QED) is 0.742. The van der Waals surface area contributed by atoms with Gasteiger partial charge in [0, 0.05) is 25.8 Å². The molecular weight excluding hydrogens is 319 g/mol. The molecule has 0 fully saturated rings. The van der Waals surface area contributed by atoms with E-state index >= 15 is 0 Å². The summed E-state index contributed by atoms with van der Waals surface area (Å²) in [5, 5.41) is 1.14. The third-order valence-corrected chi connectivity index (χ3v) is 3.89. The van der Waals surface area contributed by atoms with Crippen molar-refractivity contribution in [2.24, 2.45) is 0 Å². The average molecular weight is 323 g/mol. The van der Waals surface area contributed by atoms with Crippen LogP contribution in [0.5, 0.6) is 0 Å². The van der Waals surface area contributed by atoms with Crippen molar-refractivity contribution in [1.82, 2.24) is 9.97 Å². The van der Waals surface area contributed by atoms with Crippen molar-refractivity contribution in [3.05, 3.63) is 26.5 Å². The van der Waals surface area contributed by atoms with Gasteiger partial charge in [0.2, 0.25) is 0 Å². The van der Waals surface area contributed by atoms with Crippen molar-refractivity contribution in [2.75, 3.05) is 0 Å². The first-order valence-electron chi connectivity index (χ1n) is 3.06. The third kappa shape index (κ3) is 1.18. The predicted molar refractivity (Wildman–Crippen MR) is 56.5 cm³/mol. The second-order valence-electron chi connectivity index (χ2n) is 2.16. The highest BCUT2D eigenvalue weighted by molar-refractivity contribution is 14.1. The summed E-state index contributed by atoms with van der Waals surface area (Å²) in [6.45, 7) is 0. The fourth-order valence-electron chi connectivity index (χ4n) is 0.951. The molecule has 0 unspecified atom stereocenters. The van der Waals surface area contributed by atoms with Crippen LogP contribution in [-0.4, -0.2) is 9.97 Å². The summed E-state index contributed by atoms with van der Waals surface area (Å²) in [7, 11) is 0. The standard InChI is InChI=1S/C7H4BrIN2/c8-6-4-1-2-10-7(4)11-3-5(6)9/h1-3H,(H,10,11). The van der Waals surface area contributed by atoms with Crippen LogP contribution in [0.25, 0.3) is 11.0 Å². The molecular formula is C7H4BrIN2. The van der Waals surface area contributed by atoms with E-state index < -0.39 is 0 Å². The molecule has 2 aromatic rings. The van der Waals surface area contributed by atoms with Crippen LogP contribution >= 0.6 is 38.5 Å². The summed E-state index contributed by atoms with van der Waals surface area (Å²) in [6.07, 6.45) is 3.72. The Hall–Kier alpha value is -0.100. The van der Waals surface area contributed by atoms with Gasteiger partial charge in [-0.1, -0.05) is 0 Å². The van der Waals surface area contributed by atoms with Gasteiger partial charge in [-0.15, -0.1) is 0 Å². The van der Waals surface area contributed by atoms with Gasteiger partial charge in [0.05, 0.1) is 0 Å². The fraction of sp³-hybridized carbons (Fsp3) is 0. The first kappa shape index (κ1) is 7.54. The molecule has 0 aliphatic carbocycles. The SMILES string of the molecule is Brc1c(I)cnc2[nH]ccc12. The van der Waals surface area contributed by atoms with E-state index in [1.807, 2.05) is 18.5 Å². The molecule has 0 amide bonds. The number of hydrogen-bond acceptors (Lipinski definition) is 1. The Morgan fingerprint density at radius 3 is 3.18 bits per heavy atom. The zero-order chi connectivity index (χ0) is 7.84. The highest BCUT2D eigenvalue weighted by Crippen LogP contribution is 2.26. The number of hydrogen-bond donors (Lipinski definition) is 1. The first-order chi connectivity index (χ1) is 5.29. The van der Waals surface area contributed by atoms with Crippen LogP contribution in [0.3, 0.4) is 0 Å². The van der Waals surface area contributed by atoms with E-state index in [0.717, 1.165) is 19.1 Å². The maximum atomic E-state index is 4.21. The molecule has 0 radical (unpaired) electrons. The normalized spacial score (nSPS) is 10.7. The zero-order valence-corrected chi connectivity index (χ0v) is 9.18. The van der Waals surface area contributed by atoms with Crippen molar-refractivity contribution < 1.29 is 0 Å². The van der Waals surface area contributed by atoms with E-state index in [1.165, 1.54) is 0 Å². The predicted octanol–water partition coefficient (Wildman–Crippen LogP) is 2.93. The minimum Gasteiger partial charge on any atom is -0.346 e. The lowest BCUT2D eigenvalue weighted by Crippen LogP contribution is -1.80. The molecule has 0 saturated carbocycles. The van der Waals surface area contributed by atoms with Gasteiger partial charge in [-0.05, 0) is 44.6 Å². The lowest BCUT2D eigenvalue weighted by molar-refractivity contribution is 1.31. The van der Waals surface area contributed by atoms with Gasteiger partial charge < -0.3 is 4.98 Å². The van der Waals surface area contributed by atoms with Crippen molar-refractivity contribution in [1.29, 1.82) is 0 Å². The molecule has 2 aromatic heterocycles. The molecule has 4 heteroatoms. The van der Waals surface area contributed by atoms with Gasteiger partial charge in [0.15, 0.2) is 0 Å². The summed E-state index contributed by atoms with van der Waals surface area (Å²) in [6, 6.07) is 2.01. The number of rotatable bonds is 0. The Morgan fingerprint density at radius 1 is 1.55 bits per heavy atom. The summed E-state index contributed by atoms with van der Waals surface area (Å²) < 4.78 is 2.25. The van der Waals surface area contributed by atoms with Crippen LogP contribution in [0.15, 0.2) is 22.9 Å². The smallest absolute Gasteiger partial charge is 0.138 e. The van der Waals surface area contributed by atoms with Crippen molar-refractivity contribution in [3.8, 4) is 0 Å². The number of halogens is 2. The topological polar surface area (TPSA) is 28.7 Å². The highest BCUT2D eigenvalue weighted by atomic mass is 127. The van der Waals surface area contributed by atoms with Crippen LogP contribution < -0.4 is 0 Å². The van der Waals surface area contributed by atoms with Crippen molar-refractivity contribution in [2.45, 2.75) is 0 Å². The Balaban J connectivity index is 2.93. The molecule has 0 saturated heterocycles. The van der Waals surface area contributed by atoms with E-state index in [-0.39, 0.29) is 0 Å². The summed E-state index contributed by atoms with van der Waals surface area (Å²) in [5.41, 5.74) is 0.928. The van der Waals surface area contributed by atoms with E-state index in [9.17, 15) is 0 Å². The third-order valence-electron chi connectivity index (χ3n) is 1.48. The van der Waals surface area contributed by atoms with Crippen LogP contribution in [-0.2, 0) is 0 Å². The molecule has 0 atom stereocenters. The van der Waals surface area contributed by atoms with E-state index in [1.54, 1.807) is 0 Å². The van der Waals surface area contributed by atoms with E-state index in [0.29, 0.717) is 0 Å².